The van der Waals surface area contributed by atoms with Gasteiger partial charge in [0.05, 0.1) is 19.3 Å². The Balaban J connectivity index is 2.34. The van der Waals surface area contributed by atoms with Gasteiger partial charge in [0.1, 0.15) is 5.75 Å². The molecule has 0 radical (unpaired) electrons. The molecule has 1 saturated heterocycles. The highest BCUT2D eigenvalue weighted by atomic mass is 16.5. The van der Waals surface area contributed by atoms with Gasteiger partial charge in [0.15, 0.2) is 0 Å². The first-order valence-electron chi connectivity index (χ1n) is 6.82. The van der Waals surface area contributed by atoms with Crippen molar-refractivity contribution in [2.75, 3.05) is 25.1 Å². The van der Waals surface area contributed by atoms with E-state index in [9.17, 15) is 10.2 Å². The van der Waals surface area contributed by atoms with Crippen LogP contribution in [0.25, 0.3) is 0 Å². The van der Waals surface area contributed by atoms with E-state index in [0.717, 1.165) is 30.8 Å². The topological polar surface area (TPSA) is 52.9 Å². The summed E-state index contributed by atoms with van der Waals surface area (Å²) in [6, 6.07) is 5.82. The molecule has 0 aromatic heterocycles. The number of ether oxygens (including phenoxy) is 1. The fraction of sp³-hybridized carbons (Fsp3) is 0.600. The molecule has 2 unspecified atom stereocenters. The van der Waals surface area contributed by atoms with Gasteiger partial charge in [-0.05, 0) is 31.4 Å². The van der Waals surface area contributed by atoms with Crippen LogP contribution in [-0.4, -0.2) is 36.5 Å². The van der Waals surface area contributed by atoms with Crippen molar-refractivity contribution >= 4 is 5.69 Å². The summed E-state index contributed by atoms with van der Waals surface area (Å²) < 4.78 is 5.35. The SMILES string of the molecule is COc1cccc(N2CCC(O)C(C)C2)c1[C@@H](C)O. The quantitative estimate of drug-likeness (QED) is 0.877. The summed E-state index contributed by atoms with van der Waals surface area (Å²) in [7, 11) is 1.62. The van der Waals surface area contributed by atoms with Crippen molar-refractivity contribution in [3.63, 3.8) is 0 Å². The molecule has 1 heterocycles. The lowest BCUT2D eigenvalue weighted by molar-refractivity contribution is 0.0968. The molecule has 1 aromatic carbocycles. The Hall–Kier alpha value is -1.26. The van der Waals surface area contributed by atoms with Crippen LogP contribution in [-0.2, 0) is 0 Å². The molecule has 2 rings (SSSR count). The highest BCUT2D eigenvalue weighted by molar-refractivity contribution is 5.60. The predicted molar refractivity (Wildman–Crippen MR) is 75.6 cm³/mol. The molecule has 0 amide bonds. The van der Waals surface area contributed by atoms with Crippen molar-refractivity contribution in [1.82, 2.24) is 0 Å². The Morgan fingerprint density at radius 3 is 2.74 bits per heavy atom. The third kappa shape index (κ3) is 2.85. The molecule has 1 fully saturated rings. The van der Waals surface area contributed by atoms with Gasteiger partial charge in [-0.1, -0.05) is 13.0 Å². The van der Waals surface area contributed by atoms with Crippen LogP contribution in [0.5, 0.6) is 5.75 Å². The fourth-order valence-electron chi connectivity index (χ4n) is 2.76. The van der Waals surface area contributed by atoms with E-state index in [4.69, 9.17) is 4.74 Å². The average molecular weight is 265 g/mol. The lowest BCUT2D eigenvalue weighted by Gasteiger charge is -2.37. The van der Waals surface area contributed by atoms with Crippen LogP contribution in [0.4, 0.5) is 5.69 Å². The van der Waals surface area contributed by atoms with Gasteiger partial charge in [-0.3, -0.25) is 0 Å². The van der Waals surface area contributed by atoms with Gasteiger partial charge in [0.25, 0.3) is 0 Å². The molecule has 3 atom stereocenters. The second-order valence-electron chi connectivity index (χ2n) is 5.35. The molecular weight excluding hydrogens is 242 g/mol. The van der Waals surface area contributed by atoms with Crippen molar-refractivity contribution in [2.24, 2.45) is 5.92 Å². The Morgan fingerprint density at radius 1 is 1.42 bits per heavy atom. The molecule has 1 aromatic rings. The van der Waals surface area contributed by atoms with Gasteiger partial charge >= 0.3 is 0 Å². The van der Waals surface area contributed by atoms with Crippen LogP contribution < -0.4 is 9.64 Å². The smallest absolute Gasteiger partial charge is 0.126 e. The molecule has 1 aliphatic heterocycles. The minimum atomic E-state index is -0.576. The maximum atomic E-state index is 10.0. The van der Waals surface area contributed by atoms with Crippen molar-refractivity contribution in [3.05, 3.63) is 23.8 Å². The Kier molecular flexibility index (Phi) is 4.32. The van der Waals surface area contributed by atoms with E-state index < -0.39 is 6.10 Å². The van der Waals surface area contributed by atoms with Gasteiger partial charge < -0.3 is 19.8 Å². The molecular formula is C15H23NO3. The lowest BCUT2D eigenvalue weighted by Crippen LogP contribution is -2.42. The second kappa shape index (κ2) is 5.80. The van der Waals surface area contributed by atoms with Crippen LogP contribution in [0.15, 0.2) is 18.2 Å². The van der Waals surface area contributed by atoms with E-state index >= 15 is 0 Å². The average Bonchev–Trinajstić information content (AvgIpc) is 2.40. The summed E-state index contributed by atoms with van der Waals surface area (Å²) in [4.78, 5) is 2.22. The van der Waals surface area contributed by atoms with E-state index in [1.165, 1.54) is 0 Å². The van der Waals surface area contributed by atoms with Crippen LogP contribution in [0, 0.1) is 5.92 Å². The first-order chi connectivity index (χ1) is 9.04. The fourth-order valence-corrected chi connectivity index (χ4v) is 2.76. The van der Waals surface area contributed by atoms with E-state index in [-0.39, 0.29) is 12.0 Å². The number of hydrogen-bond acceptors (Lipinski definition) is 4. The highest BCUT2D eigenvalue weighted by Crippen LogP contribution is 2.36. The van der Waals surface area contributed by atoms with E-state index in [2.05, 4.69) is 11.8 Å². The van der Waals surface area contributed by atoms with Crippen molar-refractivity contribution in [2.45, 2.75) is 32.5 Å². The van der Waals surface area contributed by atoms with Gasteiger partial charge in [0, 0.05) is 24.3 Å². The monoisotopic (exact) mass is 265 g/mol. The molecule has 4 nitrogen and oxygen atoms in total. The number of hydrogen-bond donors (Lipinski definition) is 2. The molecule has 2 N–H and O–H groups in total. The summed E-state index contributed by atoms with van der Waals surface area (Å²) in [6.45, 7) is 5.41. The molecule has 0 saturated carbocycles. The van der Waals surface area contributed by atoms with Crippen LogP contribution in [0.1, 0.15) is 31.9 Å². The normalized spacial score (nSPS) is 25.2. The highest BCUT2D eigenvalue weighted by Gasteiger charge is 2.27. The molecule has 1 aliphatic rings. The van der Waals surface area contributed by atoms with Crippen LogP contribution in [0.2, 0.25) is 0 Å². The van der Waals surface area contributed by atoms with Gasteiger partial charge in [-0.2, -0.15) is 0 Å². The number of anilines is 1. The lowest BCUT2D eigenvalue weighted by atomic mass is 9.95. The van der Waals surface area contributed by atoms with E-state index in [1.807, 2.05) is 18.2 Å². The Morgan fingerprint density at radius 2 is 2.16 bits per heavy atom. The maximum Gasteiger partial charge on any atom is 0.126 e. The van der Waals surface area contributed by atoms with Crippen molar-refractivity contribution in [3.8, 4) is 5.75 Å². The van der Waals surface area contributed by atoms with E-state index in [0.29, 0.717) is 5.75 Å². The molecule has 0 aliphatic carbocycles. The number of piperidine rings is 1. The minimum Gasteiger partial charge on any atom is -0.496 e. The largest absolute Gasteiger partial charge is 0.496 e. The summed E-state index contributed by atoms with van der Waals surface area (Å²) in [6.07, 6.45) is -0.0392. The molecule has 0 bridgehead atoms. The van der Waals surface area contributed by atoms with Gasteiger partial charge in [-0.15, -0.1) is 0 Å². The standard InChI is InChI=1S/C15H23NO3/c1-10-9-16(8-7-13(10)18)12-5-4-6-14(19-3)15(12)11(2)17/h4-6,10-11,13,17-18H,7-9H2,1-3H3/t10?,11-,13?/m1/s1. The Labute approximate surface area is 114 Å². The van der Waals surface area contributed by atoms with Gasteiger partial charge in [-0.25, -0.2) is 0 Å². The van der Waals surface area contributed by atoms with Crippen LogP contribution >= 0.6 is 0 Å². The zero-order valence-corrected chi connectivity index (χ0v) is 11.8. The summed E-state index contributed by atoms with van der Waals surface area (Å²) in [5, 5.41) is 19.8. The first kappa shape index (κ1) is 14.2. The maximum absolute atomic E-state index is 10.0. The number of aliphatic hydroxyl groups is 2. The van der Waals surface area contributed by atoms with Crippen molar-refractivity contribution < 1.29 is 14.9 Å². The van der Waals surface area contributed by atoms with E-state index in [1.54, 1.807) is 14.0 Å². The zero-order chi connectivity index (χ0) is 14.0. The zero-order valence-electron chi connectivity index (χ0n) is 11.8. The number of aliphatic hydroxyl groups excluding tert-OH is 2. The minimum absolute atomic E-state index is 0.225. The van der Waals surface area contributed by atoms with Crippen LogP contribution in [0.3, 0.4) is 0 Å². The third-order valence-electron chi connectivity index (χ3n) is 3.88. The third-order valence-corrected chi connectivity index (χ3v) is 3.88. The summed E-state index contributed by atoms with van der Waals surface area (Å²) in [5.74, 6) is 0.952. The number of methoxy groups -OCH3 is 1. The molecule has 4 heteroatoms. The summed E-state index contributed by atoms with van der Waals surface area (Å²) in [5.41, 5.74) is 1.83. The second-order valence-corrected chi connectivity index (χ2v) is 5.35. The number of rotatable bonds is 3. The molecule has 19 heavy (non-hydrogen) atoms. The number of nitrogens with zero attached hydrogens (tertiary/aromatic N) is 1. The first-order valence-corrected chi connectivity index (χ1v) is 6.82. The molecule has 0 spiro atoms. The predicted octanol–water partition coefficient (Wildman–Crippen LogP) is 1.96. The Bertz CT molecular complexity index is 433. The van der Waals surface area contributed by atoms with Crippen molar-refractivity contribution in [1.29, 1.82) is 0 Å². The number of benzene rings is 1. The summed E-state index contributed by atoms with van der Waals surface area (Å²) >= 11 is 0. The van der Waals surface area contributed by atoms with Gasteiger partial charge in [0.2, 0.25) is 0 Å². The molecule has 106 valence electrons.